The van der Waals surface area contributed by atoms with E-state index in [2.05, 4.69) is 16.5 Å². The predicted molar refractivity (Wildman–Crippen MR) is 110 cm³/mol. The number of hydrogen-bond acceptors (Lipinski definition) is 8. The summed E-state index contributed by atoms with van der Waals surface area (Å²) in [4.78, 5) is 32.5. The second-order valence-electron chi connectivity index (χ2n) is 8.09. The summed E-state index contributed by atoms with van der Waals surface area (Å²) in [6, 6.07) is 0. The van der Waals surface area contributed by atoms with Crippen LogP contribution in [0.15, 0.2) is 22.2 Å². The van der Waals surface area contributed by atoms with Gasteiger partial charge in [-0.05, 0) is 39.7 Å². The van der Waals surface area contributed by atoms with E-state index in [9.17, 15) is 9.59 Å². The number of hydrogen-bond donors (Lipinski definition) is 3. The third kappa shape index (κ3) is 3.37. The van der Waals surface area contributed by atoms with E-state index in [1.165, 1.54) is 15.2 Å². The maximum Gasteiger partial charge on any atom is 0.333 e. The lowest BCUT2D eigenvalue weighted by molar-refractivity contribution is -0.197. The molecule has 2 saturated heterocycles. The Morgan fingerprint density at radius 1 is 1.27 bits per heavy atom. The number of rotatable bonds is 7. The molecule has 11 heteroatoms. The molecule has 4 atom stereocenters. The van der Waals surface area contributed by atoms with Crippen LogP contribution < -0.4 is 22.7 Å². The second-order valence-corrected chi connectivity index (χ2v) is 8.09. The average Bonchev–Trinajstić information content (AvgIpc) is 3.24. The van der Waals surface area contributed by atoms with Crippen LogP contribution >= 0.6 is 0 Å². The first kappa shape index (κ1) is 20.8. The van der Waals surface area contributed by atoms with Crippen LogP contribution in [-0.4, -0.2) is 49.7 Å². The number of nitrogens with zero attached hydrogens (tertiary/aromatic N) is 3. The fourth-order valence-electron chi connectivity index (χ4n) is 4.32. The Hall–Kier alpha value is -2.47. The third-order valence-corrected chi connectivity index (χ3v) is 5.46. The third-order valence-electron chi connectivity index (χ3n) is 5.46. The van der Waals surface area contributed by atoms with E-state index >= 15 is 0 Å². The highest BCUT2D eigenvalue weighted by Crippen LogP contribution is 2.44. The molecule has 2 aromatic heterocycles. The number of allylic oxidation sites excluding steroid dienone is 1. The minimum absolute atomic E-state index is 0.0880. The quantitative estimate of drug-likeness (QED) is 0.424. The van der Waals surface area contributed by atoms with Gasteiger partial charge in [0.05, 0.1) is 6.10 Å². The zero-order valence-electron chi connectivity index (χ0n) is 17.2. The Bertz CT molecular complexity index is 1070. The smallest absolute Gasteiger partial charge is 0.333 e. The van der Waals surface area contributed by atoms with Gasteiger partial charge in [0.1, 0.15) is 12.2 Å². The summed E-state index contributed by atoms with van der Waals surface area (Å²) in [6.07, 6.45) is 1.98. The summed E-state index contributed by atoms with van der Waals surface area (Å²) in [5, 5.41) is 0. The van der Waals surface area contributed by atoms with Gasteiger partial charge in [0.2, 0.25) is 5.95 Å². The minimum atomic E-state index is -0.823. The van der Waals surface area contributed by atoms with Crippen molar-refractivity contribution >= 4 is 17.1 Å². The standard InChI is InChI=1S/C19H28N6O5/c1-4-9-24-11-14(22-17(21)23-15(11)26)25(18(24)27)16-13-12(29-19(2,3)30-13)10(28-16)7-5-6-8-20/h4,10,12-13,16H,1,5-9,20H2,2-3H3,(H3,21,22,23,26)/t10-,12-,13-,16-/m0/s1. The molecule has 0 aliphatic carbocycles. The van der Waals surface area contributed by atoms with Crippen LogP contribution in [0.25, 0.3) is 11.2 Å². The number of aromatic amines is 1. The molecule has 0 aromatic carbocycles. The van der Waals surface area contributed by atoms with E-state index in [1.54, 1.807) is 0 Å². The maximum absolute atomic E-state index is 13.3. The van der Waals surface area contributed by atoms with Crippen LogP contribution in [0, 0.1) is 0 Å². The zero-order valence-corrected chi connectivity index (χ0v) is 17.2. The molecule has 2 aliphatic heterocycles. The highest BCUT2D eigenvalue weighted by Gasteiger charge is 2.56. The van der Waals surface area contributed by atoms with Crippen molar-refractivity contribution in [2.24, 2.45) is 5.73 Å². The number of aromatic nitrogens is 4. The van der Waals surface area contributed by atoms with Crippen molar-refractivity contribution in [2.45, 2.75) is 70.0 Å². The number of nitrogens with one attached hydrogen (secondary N) is 1. The van der Waals surface area contributed by atoms with E-state index in [0.29, 0.717) is 13.0 Å². The number of nitrogens with two attached hydrogens (primary N) is 2. The van der Waals surface area contributed by atoms with Crippen molar-refractivity contribution in [3.8, 4) is 0 Å². The Morgan fingerprint density at radius 3 is 2.70 bits per heavy atom. The summed E-state index contributed by atoms with van der Waals surface area (Å²) >= 11 is 0. The van der Waals surface area contributed by atoms with Crippen molar-refractivity contribution in [3.05, 3.63) is 33.5 Å². The van der Waals surface area contributed by atoms with Gasteiger partial charge in [-0.15, -0.1) is 6.58 Å². The second kappa shape index (κ2) is 7.65. The monoisotopic (exact) mass is 420 g/mol. The van der Waals surface area contributed by atoms with Crippen molar-refractivity contribution in [2.75, 3.05) is 12.3 Å². The van der Waals surface area contributed by atoms with Crippen LogP contribution in [0.5, 0.6) is 0 Å². The largest absolute Gasteiger partial charge is 0.369 e. The minimum Gasteiger partial charge on any atom is -0.369 e. The highest BCUT2D eigenvalue weighted by atomic mass is 16.8. The van der Waals surface area contributed by atoms with E-state index in [0.717, 1.165) is 12.8 Å². The van der Waals surface area contributed by atoms with Crippen LogP contribution in [0.3, 0.4) is 0 Å². The van der Waals surface area contributed by atoms with Crippen molar-refractivity contribution in [1.82, 2.24) is 19.1 Å². The lowest BCUT2D eigenvalue weighted by atomic mass is 10.0. The van der Waals surface area contributed by atoms with Gasteiger partial charge in [-0.3, -0.25) is 14.3 Å². The zero-order chi connectivity index (χ0) is 21.6. The van der Waals surface area contributed by atoms with Crippen LogP contribution in [0.2, 0.25) is 0 Å². The lowest BCUT2D eigenvalue weighted by Gasteiger charge is -2.24. The summed E-state index contributed by atoms with van der Waals surface area (Å²) in [6.45, 7) is 8.05. The SMILES string of the molecule is C=CCn1c(=O)n([C@H]2O[C@@H](CCCCN)[C@@H]3OC(C)(C)O[C@@H]32)c2nc(N)[nH]c(=O)c21. The van der Waals surface area contributed by atoms with Gasteiger partial charge in [0, 0.05) is 6.54 Å². The molecular weight excluding hydrogens is 392 g/mol. The summed E-state index contributed by atoms with van der Waals surface area (Å²) in [5.74, 6) is -0.911. The number of nitrogen functional groups attached to an aromatic ring is 1. The molecule has 11 nitrogen and oxygen atoms in total. The summed E-state index contributed by atoms with van der Waals surface area (Å²) < 4.78 is 21.1. The number of anilines is 1. The molecule has 0 amide bonds. The first-order chi connectivity index (χ1) is 14.3. The van der Waals surface area contributed by atoms with Crippen LogP contribution in [0.1, 0.15) is 39.3 Å². The predicted octanol–water partition coefficient (Wildman–Crippen LogP) is 0.201. The number of H-pyrrole nitrogens is 1. The first-order valence-electron chi connectivity index (χ1n) is 10.1. The van der Waals surface area contributed by atoms with Crippen molar-refractivity contribution in [3.63, 3.8) is 0 Å². The van der Waals surface area contributed by atoms with Gasteiger partial charge >= 0.3 is 5.69 Å². The van der Waals surface area contributed by atoms with Gasteiger partial charge in [-0.25, -0.2) is 9.36 Å². The number of fused-ring (bicyclic) bond motifs is 2. The summed E-state index contributed by atoms with van der Waals surface area (Å²) in [5.41, 5.74) is 10.7. The molecular formula is C19H28N6O5. The molecule has 5 N–H and O–H groups in total. The number of unbranched alkanes of at least 4 members (excludes halogenated alkanes) is 1. The van der Waals surface area contributed by atoms with Crippen molar-refractivity contribution < 1.29 is 14.2 Å². The fraction of sp³-hybridized carbons (Fsp3) is 0.632. The molecule has 0 radical (unpaired) electrons. The maximum atomic E-state index is 13.3. The molecule has 0 unspecified atom stereocenters. The molecule has 0 saturated carbocycles. The van der Waals surface area contributed by atoms with Gasteiger partial charge in [-0.1, -0.05) is 6.08 Å². The number of ether oxygens (including phenoxy) is 3. The summed E-state index contributed by atoms with van der Waals surface area (Å²) in [7, 11) is 0. The first-order valence-corrected chi connectivity index (χ1v) is 10.1. The van der Waals surface area contributed by atoms with E-state index in [-0.39, 0.29) is 35.9 Å². The normalized spacial score (nSPS) is 27.6. The molecule has 2 aliphatic rings. The highest BCUT2D eigenvalue weighted by molar-refractivity contribution is 5.71. The topological polar surface area (TPSA) is 152 Å². The van der Waals surface area contributed by atoms with Crippen LogP contribution in [0.4, 0.5) is 5.95 Å². The Balaban J connectivity index is 1.83. The molecule has 164 valence electrons. The molecule has 4 rings (SSSR count). The van der Waals surface area contributed by atoms with Gasteiger partial charge in [0.15, 0.2) is 23.2 Å². The molecule has 4 heterocycles. The van der Waals surface area contributed by atoms with E-state index in [4.69, 9.17) is 25.7 Å². The molecule has 0 spiro atoms. The van der Waals surface area contributed by atoms with Crippen LogP contribution in [-0.2, 0) is 20.8 Å². The fourth-order valence-corrected chi connectivity index (χ4v) is 4.32. The van der Waals surface area contributed by atoms with E-state index in [1.807, 2.05) is 13.8 Å². The van der Waals surface area contributed by atoms with Gasteiger partial charge in [-0.2, -0.15) is 4.98 Å². The molecule has 30 heavy (non-hydrogen) atoms. The van der Waals surface area contributed by atoms with Gasteiger partial charge < -0.3 is 25.7 Å². The Labute approximate surface area is 172 Å². The molecule has 0 bridgehead atoms. The lowest BCUT2D eigenvalue weighted by Crippen LogP contribution is -2.34. The van der Waals surface area contributed by atoms with E-state index < -0.39 is 29.4 Å². The molecule has 2 fully saturated rings. The Kier molecular flexibility index (Phi) is 5.30. The van der Waals surface area contributed by atoms with Gasteiger partial charge in [0.25, 0.3) is 5.56 Å². The Morgan fingerprint density at radius 2 is 2.00 bits per heavy atom. The average molecular weight is 420 g/mol. The van der Waals surface area contributed by atoms with Crippen molar-refractivity contribution in [1.29, 1.82) is 0 Å². The number of imidazole rings is 1. The molecule has 2 aromatic rings.